The molecule has 35 heteroatoms. The molecule has 2 aromatic rings. The molecule has 99 heavy (non-hydrogen) atoms. The van der Waals surface area contributed by atoms with Crippen LogP contribution in [0.1, 0.15) is 118 Å². The number of nitrogens with zero attached hydrogens (tertiary/aromatic N) is 1. The molecule has 14 atom stereocenters. The third-order valence-electron chi connectivity index (χ3n) is 15.7. The van der Waals surface area contributed by atoms with Gasteiger partial charge in [0.05, 0.1) is 31.5 Å². The minimum absolute atomic E-state index is 0.0747. The molecule has 23 N–H and O–H groups in total. The van der Waals surface area contributed by atoms with Gasteiger partial charge in [0.2, 0.25) is 70.9 Å². The Hall–Kier alpha value is -9.64. The minimum Gasteiger partial charge on any atom is -0.508 e. The van der Waals surface area contributed by atoms with Gasteiger partial charge in [-0.2, -0.15) is 11.8 Å². The molecule has 12 amide bonds. The van der Waals surface area contributed by atoms with E-state index in [1.165, 1.54) is 49.9 Å². The maximum atomic E-state index is 14.2. The molecule has 0 saturated heterocycles. The smallest absolute Gasteiger partial charge is 0.326 e. The van der Waals surface area contributed by atoms with Crippen molar-refractivity contribution in [3.05, 3.63) is 65.7 Å². The molecule has 2 rings (SSSR count). The van der Waals surface area contributed by atoms with Crippen molar-refractivity contribution in [2.24, 2.45) is 45.7 Å². The van der Waals surface area contributed by atoms with Crippen LogP contribution in [0.15, 0.2) is 59.6 Å². The number of thioether (sulfide) groups is 1. The van der Waals surface area contributed by atoms with Crippen molar-refractivity contribution >= 4 is 101 Å². The maximum absolute atomic E-state index is 14.2. The Morgan fingerprint density at radius 3 is 1.51 bits per heavy atom. The number of aliphatic hydroxyl groups is 1. The fourth-order valence-electron chi connectivity index (χ4n) is 9.57. The standard InChI is InChI=1S/C64H100N16O18S/c1-10-33(5)50(66)60(94)80-52(36(8)81)62(96)78-44(28-38-19-21-39(82)22-20-38)58(92)75-45(29-47(65)83)59(93)74-42(26-32(3)4)54(88)70-31-48(84)72-40(23-25-99-9)55(89)76-46(30-49(85)86)56(90)71-35(7)53(87)79-51(34(6)11-2)61(95)77-43(27-37-16-13-12-14-17-37)57(91)73-41(63(97)98)18-15-24-69-64(67)68/h12-14,16-17,19-22,32-36,40-46,50-52,81-82H,10-11,15,18,23-31,66H2,1-9H3,(H2,65,83)(H,70,88)(H,71,90)(H,72,84)(H,73,91)(H,74,93)(H,75,92)(H,76,89)(H,77,95)(H,78,96)(H,79,87)(H,80,94)(H,85,86)(H,97,98)(H4,67,68,69)/t33-,34-,35-,36+,40-,41-,42-,43-,44-,45-,46-,50-,51-,52-/m0/s1. The number of carbonyl (C=O) groups is 14. The molecule has 0 radical (unpaired) electrons. The summed E-state index contributed by atoms with van der Waals surface area (Å²) in [5.41, 5.74) is 23.3. The minimum atomic E-state index is -1.88. The summed E-state index contributed by atoms with van der Waals surface area (Å²) >= 11 is 1.25. The third-order valence-corrected chi connectivity index (χ3v) is 16.4. The van der Waals surface area contributed by atoms with Crippen molar-refractivity contribution in [2.75, 3.05) is 25.1 Å². The van der Waals surface area contributed by atoms with Gasteiger partial charge >= 0.3 is 11.9 Å². The van der Waals surface area contributed by atoms with Crippen molar-refractivity contribution in [3.63, 3.8) is 0 Å². The number of carboxylic acids is 2. The van der Waals surface area contributed by atoms with Gasteiger partial charge in [0, 0.05) is 19.4 Å². The van der Waals surface area contributed by atoms with E-state index >= 15 is 0 Å². The number of nitrogens with two attached hydrogens (primary N) is 4. The SMILES string of the molecule is CC[C@H](C)[C@H](N)C(=O)N[C@H](C(=O)N[C@@H](Cc1ccc(O)cc1)C(=O)N[C@@H](CC(N)=O)C(=O)N[C@@H](CC(C)C)C(=O)NCC(=O)N[C@@H](CCSC)C(=O)N[C@@H](CC(=O)O)C(=O)N[C@@H](C)C(=O)N[C@H](C(=O)N[C@@H](Cc1ccccc1)C(=O)N[C@@H](CCCN=C(N)N)C(=O)O)[C@@H](C)CC)[C@@H](C)O. The van der Waals surface area contributed by atoms with E-state index in [9.17, 15) is 87.5 Å². The van der Waals surface area contributed by atoms with E-state index in [1.54, 1.807) is 78.1 Å². The Morgan fingerprint density at radius 1 is 0.515 bits per heavy atom. The molecule has 0 bridgehead atoms. The number of rotatable bonds is 45. The van der Waals surface area contributed by atoms with Gasteiger partial charge in [-0.25, -0.2) is 4.79 Å². The number of aromatic hydroxyl groups is 1. The predicted octanol–water partition coefficient (Wildman–Crippen LogP) is -3.75. The fraction of sp³-hybridized carbons (Fsp3) is 0.578. The van der Waals surface area contributed by atoms with Gasteiger partial charge in [-0.3, -0.25) is 67.3 Å². The number of guanidine groups is 1. The van der Waals surface area contributed by atoms with Crippen LogP contribution in [0.2, 0.25) is 0 Å². The molecule has 34 nitrogen and oxygen atoms in total. The lowest BCUT2D eigenvalue weighted by molar-refractivity contribution is -0.143. The topological polar surface area (TPSA) is 569 Å². The van der Waals surface area contributed by atoms with Gasteiger partial charge in [0.25, 0.3) is 0 Å². The average Bonchev–Trinajstić information content (AvgIpc) is 0.879. The second-order valence-corrected chi connectivity index (χ2v) is 25.5. The van der Waals surface area contributed by atoms with E-state index in [0.29, 0.717) is 24.0 Å². The highest BCUT2D eigenvalue weighted by molar-refractivity contribution is 7.98. The summed E-state index contributed by atoms with van der Waals surface area (Å²) in [6.45, 7) is 11.9. The van der Waals surface area contributed by atoms with Crippen LogP contribution < -0.4 is 81.4 Å². The number of amides is 12. The van der Waals surface area contributed by atoms with Crippen LogP contribution in [0, 0.1) is 17.8 Å². The van der Waals surface area contributed by atoms with Crippen molar-refractivity contribution < 1.29 is 87.5 Å². The van der Waals surface area contributed by atoms with Gasteiger partial charge in [-0.05, 0) is 92.6 Å². The number of aliphatic carboxylic acids is 2. The van der Waals surface area contributed by atoms with Gasteiger partial charge in [-0.1, -0.05) is 96.8 Å². The zero-order chi connectivity index (χ0) is 74.8. The zero-order valence-corrected chi connectivity index (χ0v) is 58.0. The normalized spacial score (nSPS) is 15.3. The van der Waals surface area contributed by atoms with E-state index in [-0.39, 0.29) is 74.4 Å². The lowest BCUT2D eigenvalue weighted by atomic mass is 9.96. The number of phenols is 1. The lowest BCUT2D eigenvalue weighted by Crippen LogP contribution is -2.61. The van der Waals surface area contributed by atoms with E-state index in [0.717, 1.165) is 0 Å². The Labute approximate surface area is 578 Å². The number of aliphatic imine (C=N–C) groups is 1. The highest BCUT2D eigenvalue weighted by Gasteiger charge is 2.38. The van der Waals surface area contributed by atoms with Crippen LogP contribution in [0.4, 0.5) is 0 Å². The van der Waals surface area contributed by atoms with Gasteiger partial charge in [0.15, 0.2) is 5.96 Å². The molecule has 2 aromatic carbocycles. The van der Waals surface area contributed by atoms with Crippen molar-refractivity contribution in [3.8, 4) is 5.75 Å². The molecule has 0 aliphatic rings. The van der Waals surface area contributed by atoms with Crippen molar-refractivity contribution in [2.45, 2.75) is 192 Å². The summed E-state index contributed by atoms with van der Waals surface area (Å²) in [6, 6.07) is -2.65. The summed E-state index contributed by atoms with van der Waals surface area (Å²) in [5, 5.41) is 67.1. The number of carbonyl (C=O) groups excluding carboxylic acids is 12. The first-order valence-electron chi connectivity index (χ1n) is 32.3. The van der Waals surface area contributed by atoms with Gasteiger partial charge in [0.1, 0.15) is 66.2 Å². The number of aliphatic hydroxyl groups excluding tert-OH is 1. The molecule has 0 heterocycles. The number of nitrogens with one attached hydrogen (secondary N) is 11. The molecule has 550 valence electrons. The summed E-state index contributed by atoms with van der Waals surface area (Å²) in [7, 11) is 0. The van der Waals surface area contributed by atoms with Crippen LogP contribution in [-0.2, 0) is 80.0 Å². The Balaban J connectivity index is 2.32. The molecule has 0 aliphatic heterocycles. The Morgan fingerprint density at radius 2 is 1.00 bits per heavy atom. The first-order valence-corrected chi connectivity index (χ1v) is 33.7. The van der Waals surface area contributed by atoms with Gasteiger partial charge < -0.3 is 102 Å². The van der Waals surface area contributed by atoms with E-state index in [2.05, 4.69) is 63.5 Å². The van der Waals surface area contributed by atoms with Crippen molar-refractivity contribution in [1.82, 2.24) is 58.5 Å². The quantitative estimate of drug-likeness (QED) is 0.0172. The molecular weight excluding hydrogens is 1310 g/mol. The summed E-state index contributed by atoms with van der Waals surface area (Å²) in [5.74, 6) is -16.2. The third kappa shape index (κ3) is 31.6. The van der Waals surface area contributed by atoms with Crippen LogP contribution in [0.5, 0.6) is 5.75 Å². The molecule has 0 unspecified atom stereocenters. The molecule has 0 saturated carbocycles. The highest BCUT2D eigenvalue weighted by Crippen LogP contribution is 2.16. The number of carboxylic acid groups (broad SMARTS) is 2. The second kappa shape index (κ2) is 43.6. The first-order chi connectivity index (χ1) is 46.5. The second-order valence-electron chi connectivity index (χ2n) is 24.5. The summed E-state index contributed by atoms with van der Waals surface area (Å²) < 4.78 is 0. The Bertz CT molecular complexity index is 3100. The molecule has 0 spiro atoms. The molecule has 0 fully saturated rings. The summed E-state index contributed by atoms with van der Waals surface area (Å²) in [6.07, 6.45) is -1.42. The fourth-order valence-corrected chi connectivity index (χ4v) is 10.0. The van der Waals surface area contributed by atoms with Crippen LogP contribution >= 0.6 is 11.8 Å². The van der Waals surface area contributed by atoms with E-state index < -0.39 is 181 Å². The number of benzene rings is 2. The van der Waals surface area contributed by atoms with E-state index in [4.69, 9.17) is 22.9 Å². The number of hydrogen-bond donors (Lipinski definition) is 19. The average molecular weight is 1410 g/mol. The van der Waals surface area contributed by atoms with Gasteiger partial charge in [-0.15, -0.1) is 0 Å². The van der Waals surface area contributed by atoms with E-state index in [1.807, 2.05) is 0 Å². The van der Waals surface area contributed by atoms with Crippen LogP contribution in [0.25, 0.3) is 0 Å². The molecular formula is C64H100N16O18S. The Kier molecular flexibility index (Phi) is 37.6. The monoisotopic (exact) mass is 1410 g/mol. The largest absolute Gasteiger partial charge is 0.508 e. The summed E-state index contributed by atoms with van der Waals surface area (Å²) in [4.78, 5) is 193. The molecule has 0 aliphatic carbocycles. The zero-order valence-electron chi connectivity index (χ0n) is 57.2. The van der Waals surface area contributed by atoms with Crippen LogP contribution in [0.3, 0.4) is 0 Å². The number of phenolic OH excluding ortho intramolecular Hbond substituents is 1. The lowest BCUT2D eigenvalue weighted by Gasteiger charge is -2.28. The highest BCUT2D eigenvalue weighted by atomic mass is 32.2. The van der Waals surface area contributed by atoms with Crippen molar-refractivity contribution in [1.29, 1.82) is 0 Å². The molecule has 0 aromatic heterocycles. The number of primary amides is 1. The van der Waals surface area contributed by atoms with Crippen LogP contribution in [-0.4, -0.2) is 207 Å². The predicted molar refractivity (Wildman–Crippen MR) is 365 cm³/mol. The maximum Gasteiger partial charge on any atom is 0.326 e. The first kappa shape index (κ1) is 85.4. The number of hydrogen-bond acceptors (Lipinski definition) is 19.